The van der Waals surface area contributed by atoms with Crippen LogP contribution in [0.1, 0.15) is 19.4 Å². The van der Waals surface area contributed by atoms with Gasteiger partial charge in [-0.05, 0) is 41.4 Å². The van der Waals surface area contributed by atoms with Crippen molar-refractivity contribution in [1.29, 1.82) is 0 Å². The number of nitrogens with zero attached hydrogens (tertiary/aromatic N) is 2. The van der Waals surface area contributed by atoms with Gasteiger partial charge >= 0.3 is 0 Å². The van der Waals surface area contributed by atoms with Crippen LogP contribution < -0.4 is 10.1 Å². The van der Waals surface area contributed by atoms with Gasteiger partial charge in [-0.1, -0.05) is 30.3 Å². The van der Waals surface area contributed by atoms with E-state index < -0.39 is 0 Å². The molecule has 0 unspecified atom stereocenters. The summed E-state index contributed by atoms with van der Waals surface area (Å²) in [5.74, 6) is 1.40. The summed E-state index contributed by atoms with van der Waals surface area (Å²) in [5, 5.41) is 4.18. The number of benzene rings is 2. The number of hydrogen-bond donors (Lipinski definition) is 1. The van der Waals surface area contributed by atoms with E-state index in [1.54, 1.807) is 0 Å². The molecule has 0 aliphatic carbocycles. The fourth-order valence-electron chi connectivity index (χ4n) is 2.21. The van der Waals surface area contributed by atoms with E-state index in [0.29, 0.717) is 12.6 Å². The molecular weight excluding hydrogens is 354 g/mol. The van der Waals surface area contributed by atoms with Crippen LogP contribution in [0.2, 0.25) is 0 Å². The van der Waals surface area contributed by atoms with Crippen LogP contribution in [0.15, 0.2) is 53.1 Å². The van der Waals surface area contributed by atoms with Gasteiger partial charge in [0.05, 0.1) is 9.99 Å². The number of halogens is 1. The molecule has 4 nitrogen and oxygen atoms in total. The van der Waals surface area contributed by atoms with Gasteiger partial charge in [0.15, 0.2) is 0 Å². The number of nitrogens with one attached hydrogen (secondary N) is 1. The standard InChI is InChI=1S/C18H18BrN3O/c1-12(2)21-18-20-10-14-8-15(19)17(9-16(14)22-18)23-11-13-6-4-3-5-7-13/h3-10,12H,11H2,1-2H3,(H,20,21,22). The summed E-state index contributed by atoms with van der Waals surface area (Å²) in [6, 6.07) is 14.3. The van der Waals surface area contributed by atoms with E-state index >= 15 is 0 Å². The van der Waals surface area contributed by atoms with Crippen LogP contribution in [-0.4, -0.2) is 16.0 Å². The highest BCUT2D eigenvalue weighted by atomic mass is 79.9. The molecule has 0 aliphatic rings. The lowest BCUT2D eigenvalue weighted by molar-refractivity contribution is 0.304. The van der Waals surface area contributed by atoms with Gasteiger partial charge in [-0.2, -0.15) is 0 Å². The molecule has 118 valence electrons. The van der Waals surface area contributed by atoms with Crippen molar-refractivity contribution in [3.63, 3.8) is 0 Å². The lowest BCUT2D eigenvalue weighted by Gasteiger charge is -2.11. The third kappa shape index (κ3) is 3.99. The Labute approximate surface area is 144 Å². The van der Waals surface area contributed by atoms with Crippen molar-refractivity contribution < 1.29 is 4.74 Å². The summed E-state index contributed by atoms with van der Waals surface area (Å²) in [4.78, 5) is 8.88. The first-order valence-corrected chi connectivity index (χ1v) is 8.30. The molecule has 0 amide bonds. The Hall–Kier alpha value is -2.14. The van der Waals surface area contributed by atoms with Gasteiger partial charge in [-0.25, -0.2) is 9.97 Å². The molecule has 1 N–H and O–H groups in total. The van der Waals surface area contributed by atoms with Crippen molar-refractivity contribution in [3.05, 3.63) is 58.7 Å². The minimum Gasteiger partial charge on any atom is -0.488 e. The number of fused-ring (bicyclic) bond motifs is 1. The van der Waals surface area contributed by atoms with Gasteiger partial charge < -0.3 is 10.1 Å². The third-order valence-electron chi connectivity index (χ3n) is 3.29. The van der Waals surface area contributed by atoms with Crippen molar-refractivity contribution in [2.45, 2.75) is 26.5 Å². The third-order valence-corrected chi connectivity index (χ3v) is 3.91. The van der Waals surface area contributed by atoms with Crippen LogP contribution in [0.5, 0.6) is 5.75 Å². The van der Waals surface area contributed by atoms with Crippen LogP contribution in [0.25, 0.3) is 10.9 Å². The lowest BCUT2D eigenvalue weighted by Crippen LogP contribution is -2.12. The fourth-order valence-corrected chi connectivity index (χ4v) is 2.68. The first-order chi connectivity index (χ1) is 11.1. The molecule has 0 aliphatic heterocycles. The maximum absolute atomic E-state index is 5.92. The molecule has 3 aromatic rings. The fraction of sp³-hybridized carbons (Fsp3) is 0.222. The van der Waals surface area contributed by atoms with Crippen LogP contribution >= 0.6 is 15.9 Å². The summed E-state index contributed by atoms with van der Waals surface area (Å²) in [7, 11) is 0. The molecule has 0 spiro atoms. The Morgan fingerprint density at radius 3 is 2.70 bits per heavy atom. The predicted molar refractivity (Wildman–Crippen MR) is 96.8 cm³/mol. The normalized spacial score (nSPS) is 11.0. The van der Waals surface area contributed by atoms with Gasteiger partial charge in [-0.3, -0.25) is 0 Å². The van der Waals surface area contributed by atoms with Crippen molar-refractivity contribution in [2.75, 3.05) is 5.32 Å². The molecule has 1 heterocycles. The Kier molecular flexibility index (Phi) is 4.76. The monoisotopic (exact) mass is 371 g/mol. The number of hydrogen-bond acceptors (Lipinski definition) is 4. The Balaban J connectivity index is 1.86. The van der Waals surface area contributed by atoms with E-state index in [2.05, 4.69) is 45.1 Å². The zero-order valence-electron chi connectivity index (χ0n) is 13.1. The zero-order valence-corrected chi connectivity index (χ0v) is 14.7. The molecule has 0 saturated carbocycles. The first-order valence-electron chi connectivity index (χ1n) is 7.51. The van der Waals surface area contributed by atoms with Gasteiger partial charge in [0.25, 0.3) is 0 Å². The Morgan fingerprint density at radius 1 is 1.17 bits per heavy atom. The average Bonchev–Trinajstić information content (AvgIpc) is 2.53. The van der Waals surface area contributed by atoms with E-state index in [1.807, 2.05) is 48.7 Å². The average molecular weight is 372 g/mol. The second kappa shape index (κ2) is 6.96. The van der Waals surface area contributed by atoms with Crippen LogP contribution in [0, 0.1) is 0 Å². The highest BCUT2D eigenvalue weighted by Crippen LogP contribution is 2.30. The molecule has 0 bridgehead atoms. The van der Waals surface area contributed by atoms with Gasteiger partial charge in [0, 0.05) is 23.7 Å². The molecule has 3 rings (SSSR count). The van der Waals surface area contributed by atoms with E-state index in [9.17, 15) is 0 Å². The highest BCUT2D eigenvalue weighted by Gasteiger charge is 2.08. The highest BCUT2D eigenvalue weighted by molar-refractivity contribution is 9.10. The smallest absolute Gasteiger partial charge is 0.223 e. The largest absolute Gasteiger partial charge is 0.488 e. The molecule has 0 fully saturated rings. The summed E-state index contributed by atoms with van der Waals surface area (Å²) < 4.78 is 6.82. The lowest BCUT2D eigenvalue weighted by atomic mass is 10.2. The van der Waals surface area contributed by atoms with Crippen molar-refractivity contribution in [2.24, 2.45) is 0 Å². The summed E-state index contributed by atoms with van der Waals surface area (Å²) >= 11 is 3.55. The number of ether oxygens (including phenoxy) is 1. The zero-order chi connectivity index (χ0) is 16.2. The topological polar surface area (TPSA) is 47.0 Å². The molecule has 0 radical (unpaired) electrons. The van der Waals surface area contributed by atoms with E-state index in [-0.39, 0.29) is 6.04 Å². The molecule has 0 saturated heterocycles. The molecule has 0 atom stereocenters. The van der Waals surface area contributed by atoms with E-state index in [1.165, 1.54) is 0 Å². The molecule has 23 heavy (non-hydrogen) atoms. The minimum absolute atomic E-state index is 0.289. The number of aromatic nitrogens is 2. The molecule has 1 aromatic heterocycles. The van der Waals surface area contributed by atoms with E-state index in [0.717, 1.165) is 26.7 Å². The summed E-state index contributed by atoms with van der Waals surface area (Å²) in [6.45, 7) is 4.64. The Morgan fingerprint density at radius 2 is 1.96 bits per heavy atom. The van der Waals surface area contributed by atoms with Gasteiger partial charge in [-0.15, -0.1) is 0 Å². The number of rotatable bonds is 5. The predicted octanol–water partition coefficient (Wildman–Crippen LogP) is 4.79. The van der Waals surface area contributed by atoms with Crippen molar-refractivity contribution in [3.8, 4) is 5.75 Å². The van der Waals surface area contributed by atoms with Gasteiger partial charge in [0.2, 0.25) is 5.95 Å². The van der Waals surface area contributed by atoms with Crippen LogP contribution in [0.3, 0.4) is 0 Å². The molecular formula is C18H18BrN3O. The van der Waals surface area contributed by atoms with Crippen LogP contribution in [0.4, 0.5) is 5.95 Å². The van der Waals surface area contributed by atoms with E-state index in [4.69, 9.17) is 4.74 Å². The van der Waals surface area contributed by atoms with Crippen molar-refractivity contribution >= 4 is 32.8 Å². The first kappa shape index (κ1) is 15.7. The molecule has 5 heteroatoms. The summed E-state index contributed by atoms with van der Waals surface area (Å²) in [5.41, 5.74) is 1.98. The maximum atomic E-state index is 5.92. The SMILES string of the molecule is CC(C)Nc1ncc2cc(Br)c(OCc3ccccc3)cc2n1. The second-order valence-electron chi connectivity index (χ2n) is 5.61. The minimum atomic E-state index is 0.289. The second-order valence-corrected chi connectivity index (χ2v) is 6.46. The molecule has 2 aromatic carbocycles. The van der Waals surface area contributed by atoms with Gasteiger partial charge in [0.1, 0.15) is 12.4 Å². The quantitative estimate of drug-likeness (QED) is 0.700. The van der Waals surface area contributed by atoms with Crippen LogP contribution in [-0.2, 0) is 6.61 Å². The van der Waals surface area contributed by atoms with Crippen molar-refractivity contribution in [1.82, 2.24) is 9.97 Å². The number of anilines is 1. The maximum Gasteiger partial charge on any atom is 0.223 e. The Bertz CT molecular complexity index is 806. The summed E-state index contributed by atoms with van der Waals surface area (Å²) in [6.07, 6.45) is 1.82.